The summed E-state index contributed by atoms with van der Waals surface area (Å²) in [4.78, 5) is 12.2. The van der Waals surface area contributed by atoms with E-state index in [9.17, 15) is 9.90 Å². The topological polar surface area (TPSA) is 67.2 Å². The van der Waals surface area contributed by atoms with Crippen LogP contribution in [0.4, 0.5) is 0 Å². The van der Waals surface area contributed by atoms with Crippen LogP contribution in [0.15, 0.2) is 18.2 Å². The average molecular weight is 301 g/mol. The molecule has 5 heteroatoms. The van der Waals surface area contributed by atoms with E-state index in [2.05, 4.69) is 10.4 Å². The first-order valence-electron chi connectivity index (χ1n) is 7.53. The van der Waals surface area contributed by atoms with Crippen molar-refractivity contribution in [1.29, 1.82) is 0 Å². The molecule has 0 aliphatic carbocycles. The normalized spacial score (nSPS) is 10.7. The molecule has 0 radical (unpaired) electrons. The molecule has 2 aromatic rings. The molecule has 118 valence electrons. The summed E-state index contributed by atoms with van der Waals surface area (Å²) >= 11 is 0. The Bertz CT molecular complexity index is 689. The second-order valence-corrected chi connectivity index (χ2v) is 5.48. The molecule has 0 aliphatic heterocycles. The van der Waals surface area contributed by atoms with Gasteiger partial charge < -0.3 is 10.4 Å². The number of benzene rings is 1. The zero-order valence-corrected chi connectivity index (χ0v) is 13.6. The van der Waals surface area contributed by atoms with Crippen molar-refractivity contribution in [2.45, 2.75) is 33.6 Å². The molecule has 0 aliphatic rings. The van der Waals surface area contributed by atoms with Crippen molar-refractivity contribution in [2.75, 3.05) is 6.54 Å². The molecule has 0 atom stereocenters. The van der Waals surface area contributed by atoms with Crippen LogP contribution in [0.2, 0.25) is 0 Å². The number of nitrogens with zero attached hydrogens (tertiary/aromatic N) is 2. The third-order valence-corrected chi connectivity index (χ3v) is 4.03. The molecule has 0 unspecified atom stereocenters. The van der Waals surface area contributed by atoms with E-state index in [1.54, 1.807) is 12.1 Å². The SMILES string of the molecule is CCc1ccc(O)c(C(=O)NCCc2c(C)nn(C)c2C)c1. The Balaban J connectivity index is 2.01. The molecule has 0 saturated carbocycles. The van der Waals surface area contributed by atoms with E-state index < -0.39 is 0 Å². The van der Waals surface area contributed by atoms with Gasteiger partial charge in [-0.3, -0.25) is 9.48 Å². The van der Waals surface area contributed by atoms with Gasteiger partial charge in [-0.1, -0.05) is 13.0 Å². The standard InChI is InChI=1S/C17H23N3O2/c1-5-13-6-7-16(21)15(10-13)17(22)18-9-8-14-11(2)19-20(4)12(14)3/h6-7,10,21H,5,8-9H2,1-4H3,(H,18,22). The highest BCUT2D eigenvalue weighted by Crippen LogP contribution is 2.19. The van der Waals surface area contributed by atoms with Crippen molar-refractivity contribution in [3.63, 3.8) is 0 Å². The molecule has 0 bridgehead atoms. The fourth-order valence-electron chi connectivity index (χ4n) is 2.56. The zero-order valence-electron chi connectivity index (χ0n) is 13.6. The number of nitrogens with one attached hydrogen (secondary N) is 1. The third kappa shape index (κ3) is 3.30. The lowest BCUT2D eigenvalue weighted by molar-refractivity contribution is 0.0951. The first-order chi connectivity index (χ1) is 10.4. The maximum Gasteiger partial charge on any atom is 0.255 e. The number of hydrogen-bond donors (Lipinski definition) is 2. The van der Waals surface area contributed by atoms with Crippen LogP contribution < -0.4 is 5.32 Å². The molecule has 0 saturated heterocycles. The van der Waals surface area contributed by atoms with Crippen LogP contribution in [0.5, 0.6) is 5.75 Å². The molecule has 1 aromatic heterocycles. The van der Waals surface area contributed by atoms with E-state index in [0.29, 0.717) is 12.1 Å². The number of amides is 1. The second kappa shape index (κ2) is 6.64. The van der Waals surface area contributed by atoms with E-state index in [1.807, 2.05) is 38.6 Å². The van der Waals surface area contributed by atoms with E-state index >= 15 is 0 Å². The molecule has 2 rings (SSSR count). The molecule has 0 fully saturated rings. The first-order valence-corrected chi connectivity index (χ1v) is 7.53. The lowest BCUT2D eigenvalue weighted by Gasteiger charge is -2.08. The summed E-state index contributed by atoms with van der Waals surface area (Å²) in [5, 5.41) is 17.1. The Hall–Kier alpha value is -2.30. The number of phenols is 1. The fraction of sp³-hybridized carbons (Fsp3) is 0.412. The largest absolute Gasteiger partial charge is 0.507 e. The highest BCUT2D eigenvalue weighted by atomic mass is 16.3. The number of aromatic hydroxyl groups is 1. The van der Waals surface area contributed by atoms with Gasteiger partial charge in [0.05, 0.1) is 11.3 Å². The van der Waals surface area contributed by atoms with Gasteiger partial charge in [-0.15, -0.1) is 0 Å². The van der Waals surface area contributed by atoms with E-state index in [-0.39, 0.29) is 11.7 Å². The van der Waals surface area contributed by atoms with Crippen molar-refractivity contribution in [3.05, 3.63) is 46.3 Å². The van der Waals surface area contributed by atoms with Gasteiger partial charge in [0.25, 0.3) is 5.91 Å². The van der Waals surface area contributed by atoms with Crippen LogP contribution in [0, 0.1) is 13.8 Å². The van der Waals surface area contributed by atoms with Gasteiger partial charge in [0, 0.05) is 19.3 Å². The minimum Gasteiger partial charge on any atom is -0.507 e. The summed E-state index contributed by atoms with van der Waals surface area (Å²) in [6.45, 7) is 6.53. The molecule has 2 N–H and O–H groups in total. The number of carbonyl (C=O) groups is 1. The number of rotatable bonds is 5. The first kappa shape index (κ1) is 16.1. The molecule has 1 aromatic carbocycles. The molecular weight excluding hydrogens is 278 g/mol. The van der Waals surface area contributed by atoms with E-state index in [4.69, 9.17) is 0 Å². The molecule has 1 heterocycles. The zero-order chi connectivity index (χ0) is 16.3. The maximum absolute atomic E-state index is 12.2. The highest BCUT2D eigenvalue weighted by Gasteiger charge is 2.13. The van der Waals surface area contributed by atoms with Gasteiger partial charge in [-0.2, -0.15) is 5.10 Å². The van der Waals surface area contributed by atoms with E-state index in [1.165, 1.54) is 0 Å². The molecular formula is C17H23N3O2. The van der Waals surface area contributed by atoms with Crippen LogP contribution >= 0.6 is 0 Å². The fourth-order valence-corrected chi connectivity index (χ4v) is 2.56. The van der Waals surface area contributed by atoms with Gasteiger partial charge in [0.15, 0.2) is 0 Å². The van der Waals surface area contributed by atoms with Gasteiger partial charge >= 0.3 is 0 Å². The van der Waals surface area contributed by atoms with Crippen molar-refractivity contribution in [1.82, 2.24) is 15.1 Å². The Labute approximate surface area is 131 Å². The van der Waals surface area contributed by atoms with Gasteiger partial charge in [-0.05, 0) is 49.9 Å². The van der Waals surface area contributed by atoms with Gasteiger partial charge in [0.2, 0.25) is 0 Å². The lowest BCUT2D eigenvalue weighted by atomic mass is 10.1. The minimum absolute atomic E-state index is 0.0171. The second-order valence-electron chi connectivity index (χ2n) is 5.48. The van der Waals surface area contributed by atoms with Crippen LogP contribution in [0.1, 0.15) is 39.8 Å². The Morgan fingerprint density at radius 1 is 1.36 bits per heavy atom. The summed E-state index contributed by atoms with van der Waals surface area (Å²) in [5.41, 5.74) is 4.63. The Morgan fingerprint density at radius 2 is 2.09 bits per heavy atom. The van der Waals surface area contributed by atoms with E-state index in [0.717, 1.165) is 35.4 Å². The summed E-state index contributed by atoms with van der Waals surface area (Å²) < 4.78 is 1.85. The number of hydrogen-bond acceptors (Lipinski definition) is 3. The van der Waals surface area contributed by atoms with Crippen LogP contribution in [-0.2, 0) is 19.9 Å². The minimum atomic E-state index is -0.244. The lowest BCUT2D eigenvalue weighted by Crippen LogP contribution is -2.26. The van der Waals surface area contributed by atoms with Crippen LogP contribution in [0.3, 0.4) is 0 Å². The summed E-state index contributed by atoms with van der Waals surface area (Å²) in [6, 6.07) is 5.14. The molecule has 5 nitrogen and oxygen atoms in total. The maximum atomic E-state index is 12.2. The predicted octanol–water partition coefficient (Wildman–Crippen LogP) is 2.28. The van der Waals surface area contributed by atoms with Crippen molar-refractivity contribution in [3.8, 4) is 5.75 Å². The summed E-state index contributed by atoms with van der Waals surface area (Å²) in [7, 11) is 1.92. The number of carbonyl (C=O) groups excluding carboxylic acids is 1. The average Bonchev–Trinajstić information content (AvgIpc) is 2.73. The highest BCUT2D eigenvalue weighted by molar-refractivity contribution is 5.97. The monoisotopic (exact) mass is 301 g/mol. The smallest absolute Gasteiger partial charge is 0.255 e. The molecule has 0 spiro atoms. The molecule has 1 amide bonds. The Morgan fingerprint density at radius 3 is 2.68 bits per heavy atom. The Kier molecular flexibility index (Phi) is 4.85. The van der Waals surface area contributed by atoms with Crippen LogP contribution in [0.25, 0.3) is 0 Å². The van der Waals surface area contributed by atoms with Crippen molar-refractivity contribution >= 4 is 5.91 Å². The summed E-state index contributed by atoms with van der Waals surface area (Å²) in [5.74, 6) is -0.226. The van der Waals surface area contributed by atoms with Crippen molar-refractivity contribution < 1.29 is 9.90 Å². The number of phenolic OH excluding ortho intramolecular Hbond substituents is 1. The van der Waals surface area contributed by atoms with Crippen LogP contribution in [-0.4, -0.2) is 27.3 Å². The number of aryl methyl sites for hydroxylation is 3. The summed E-state index contributed by atoms with van der Waals surface area (Å²) in [6.07, 6.45) is 1.56. The molecule has 22 heavy (non-hydrogen) atoms. The quantitative estimate of drug-likeness (QED) is 0.890. The van der Waals surface area contributed by atoms with Gasteiger partial charge in [-0.25, -0.2) is 0 Å². The van der Waals surface area contributed by atoms with Crippen molar-refractivity contribution in [2.24, 2.45) is 7.05 Å². The number of aromatic nitrogens is 2. The van der Waals surface area contributed by atoms with Gasteiger partial charge in [0.1, 0.15) is 5.75 Å². The predicted molar refractivity (Wildman–Crippen MR) is 86.2 cm³/mol. The third-order valence-electron chi connectivity index (χ3n) is 4.03.